The molecule has 4 heteroatoms. The lowest BCUT2D eigenvalue weighted by Gasteiger charge is -2.27. The lowest BCUT2D eigenvalue weighted by Crippen LogP contribution is -2.32. The van der Waals surface area contributed by atoms with E-state index in [2.05, 4.69) is 59.7 Å². The molecular weight excluding hydrogens is 284 g/mol. The molecule has 23 heavy (non-hydrogen) atoms. The molecule has 2 heterocycles. The predicted octanol–water partition coefficient (Wildman–Crippen LogP) is 3.19. The van der Waals surface area contributed by atoms with Crippen LogP contribution in [0.2, 0.25) is 0 Å². The first kappa shape index (κ1) is 16.5. The first-order valence-corrected chi connectivity index (χ1v) is 8.98. The number of benzene rings is 1. The van der Waals surface area contributed by atoms with Gasteiger partial charge in [0.2, 0.25) is 0 Å². The number of aromatic nitrogens is 2. The van der Waals surface area contributed by atoms with Crippen molar-refractivity contribution in [3.8, 4) is 0 Å². The van der Waals surface area contributed by atoms with E-state index in [9.17, 15) is 0 Å². The molecule has 1 atom stereocenters. The highest BCUT2D eigenvalue weighted by Crippen LogP contribution is 2.22. The summed E-state index contributed by atoms with van der Waals surface area (Å²) in [6.07, 6.45) is 5.15. The molecule has 1 aromatic heterocycles. The summed E-state index contributed by atoms with van der Waals surface area (Å²) in [5.41, 5.74) is 2.40. The van der Waals surface area contributed by atoms with Gasteiger partial charge in [-0.25, -0.2) is 4.98 Å². The zero-order valence-electron chi connectivity index (χ0n) is 14.8. The second-order valence-corrected chi connectivity index (χ2v) is 7.15. The first-order chi connectivity index (χ1) is 11.1. The van der Waals surface area contributed by atoms with E-state index in [1.54, 1.807) is 0 Å². The number of para-hydroxylation sites is 2. The lowest BCUT2D eigenvalue weighted by molar-refractivity contribution is 0.228. The fourth-order valence-corrected chi connectivity index (χ4v) is 3.81. The molecule has 0 bridgehead atoms. The van der Waals surface area contributed by atoms with E-state index in [1.165, 1.54) is 43.7 Å². The van der Waals surface area contributed by atoms with Crippen molar-refractivity contribution in [3.63, 3.8) is 0 Å². The third kappa shape index (κ3) is 3.93. The molecule has 1 aliphatic rings. The van der Waals surface area contributed by atoms with E-state index in [4.69, 9.17) is 4.98 Å². The van der Waals surface area contributed by atoms with Gasteiger partial charge in [0, 0.05) is 25.6 Å². The molecule has 126 valence electrons. The van der Waals surface area contributed by atoms with Gasteiger partial charge in [0.1, 0.15) is 5.82 Å². The summed E-state index contributed by atoms with van der Waals surface area (Å²) < 4.78 is 2.46. The van der Waals surface area contributed by atoms with Gasteiger partial charge in [-0.05, 0) is 59.1 Å². The SMILES string of the molecule is C[C@H](CN(C)C)n1c(CCN2CCCCC2)nc2ccccc21. The number of likely N-dealkylation sites (N-methyl/N-ethyl adjacent to an activating group) is 1. The van der Waals surface area contributed by atoms with Gasteiger partial charge < -0.3 is 14.4 Å². The van der Waals surface area contributed by atoms with Crippen LogP contribution in [0.15, 0.2) is 24.3 Å². The van der Waals surface area contributed by atoms with Crippen molar-refractivity contribution in [2.24, 2.45) is 0 Å². The zero-order valence-corrected chi connectivity index (χ0v) is 14.8. The quantitative estimate of drug-likeness (QED) is 0.818. The van der Waals surface area contributed by atoms with Gasteiger partial charge in [-0.2, -0.15) is 0 Å². The first-order valence-electron chi connectivity index (χ1n) is 8.98. The third-order valence-electron chi connectivity index (χ3n) is 4.84. The monoisotopic (exact) mass is 314 g/mol. The number of likely N-dealkylation sites (tertiary alicyclic amines) is 1. The van der Waals surface area contributed by atoms with E-state index in [1.807, 2.05) is 0 Å². The molecule has 0 unspecified atom stereocenters. The minimum absolute atomic E-state index is 0.439. The van der Waals surface area contributed by atoms with Crippen molar-refractivity contribution in [2.75, 3.05) is 40.3 Å². The van der Waals surface area contributed by atoms with Gasteiger partial charge in [0.15, 0.2) is 0 Å². The number of piperidine rings is 1. The Hall–Kier alpha value is -1.39. The second kappa shape index (κ2) is 7.45. The van der Waals surface area contributed by atoms with E-state index in [-0.39, 0.29) is 0 Å². The number of rotatable bonds is 6. The van der Waals surface area contributed by atoms with Crippen LogP contribution >= 0.6 is 0 Å². The number of hydrogen-bond donors (Lipinski definition) is 0. The highest BCUT2D eigenvalue weighted by molar-refractivity contribution is 5.76. The number of nitrogens with zero attached hydrogens (tertiary/aromatic N) is 4. The van der Waals surface area contributed by atoms with E-state index >= 15 is 0 Å². The van der Waals surface area contributed by atoms with E-state index in [0.29, 0.717) is 6.04 Å². The second-order valence-electron chi connectivity index (χ2n) is 7.15. The van der Waals surface area contributed by atoms with Gasteiger partial charge in [-0.1, -0.05) is 18.6 Å². The molecule has 0 saturated carbocycles. The maximum Gasteiger partial charge on any atom is 0.111 e. The fourth-order valence-electron chi connectivity index (χ4n) is 3.81. The molecule has 0 radical (unpaired) electrons. The molecule has 2 aromatic rings. The average Bonchev–Trinajstić information content (AvgIpc) is 2.91. The highest BCUT2D eigenvalue weighted by atomic mass is 15.2. The van der Waals surface area contributed by atoms with Crippen LogP contribution in [0.5, 0.6) is 0 Å². The molecule has 0 aliphatic carbocycles. The molecular formula is C19H30N4. The van der Waals surface area contributed by atoms with Crippen molar-refractivity contribution in [2.45, 2.75) is 38.6 Å². The summed E-state index contributed by atoms with van der Waals surface area (Å²) in [4.78, 5) is 9.80. The van der Waals surface area contributed by atoms with Crippen LogP contribution in [-0.4, -0.2) is 59.6 Å². The van der Waals surface area contributed by atoms with E-state index < -0.39 is 0 Å². The molecule has 1 saturated heterocycles. The van der Waals surface area contributed by atoms with Crippen molar-refractivity contribution in [1.82, 2.24) is 19.4 Å². The zero-order chi connectivity index (χ0) is 16.2. The molecule has 1 fully saturated rings. The summed E-state index contributed by atoms with van der Waals surface area (Å²) in [6.45, 7) is 6.99. The van der Waals surface area contributed by atoms with Gasteiger partial charge in [-0.3, -0.25) is 0 Å². The summed E-state index contributed by atoms with van der Waals surface area (Å²) in [7, 11) is 4.28. The smallest absolute Gasteiger partial charge is 0.111 e. The Balaban J connectivity index is 1.82. The predicted molar refractivity (Wildman–Crippen MR) is 97.0 cm³/mol. The Kier molecular flexibility index (Phi) is 5.34. The van der Waals surface area contributed by atoms with Crippen molar-refractivity contribution < 1.29 is 0 Å². The van der Waals surface area contributed by atoms with Gasteiger partial charge >= 0.3 is 0 Å². The lowest BCUT2D eigenvalue weighted by atomic mass is 10.1. The van der Waals surface area contributed by atoms with Crippen LogP contribution in [0.25, 0.3) is 11.0 Å². The largest absolute Gasteiger partial charge is 0.324 e. The topological polar surface area (TPSA) is 24.3 Å². The van der Waals surface area contributed by atoms with Crippen molar-refractivity contribution in [1.29, 1.82) is 0 Å². The summed E-state index contributed by atoms with van der Waals surface area (Å²) in [5.74, 6) is 1.24. The van der Waals surface area contributed by atoms with Crippen LogP contribution in [0.3, 0.4) is 0 Å². The molecule has 1 aromatic carbocycles. The summed E-state index contributed by atoms with van der Waals surface area (Å²) in [6, 6.07) is 8.99. The minimum Gasteiger partial charge on any atom is -0.324 e. The maximum atomic E-state index is 4.94. The number of hydrogen-bond acceptors (Lipinski definition) is 3. The maximum absolute atomic E-state index is 4.94. The number of imidazole rings is 1. The number of fused-ring (bicyclic) bond motifs is 1. The fraction of sp³-hybridized carbons (Fsp3) is 0.632. The van der Waals surface area contributed by atoms with Crippen LogP contribution in [-0.2, 0) is 6.42 Å². The Morgan fingerprint density at radius 3 is 2.61 bits per heavy atom. The Morgan fingerprint density at radius 1 is 1.13 bits per heavy atom. The Bertz CT molecular complexity index is 625. The van der Waals surface area contributed by atoms with Crippen molar-refractivity contribution in [3.05, 3.63) is 30.1 Å². The third-order valence-corrected chi connectivity index (χ3v) is 4.84. The molecule has 3 rings (SSSR count). The van der Waals surface area contributed by atoms with Gasteiger partial charge in [-0.15, -0.1) is 0 Å². The van der Waals surface area contributed by atoms with Gasteiger partial charge in [0.05, 0.1) is 11.0 Å². The average molecular weight is 314 g/mol. The Labute approximate surface area is 140 Å². The van der Waals surface area contributed by atoms with Crippen LogP contribution in [0.4, 0.5) is 0 Å². The highest BCUT2D eigenvalue weighted by Gasteiger charge is 2.17. The standard InChI is InChI=1S/C19H30N4/c1-16(15-21(2)3)23-18-10-6-5-9-17(18)20-19(23)11-14-22-12-7-4-8-13-22/h5-6,9-10,16H,4,7-8,11-15H2,1-3H3/t16-/m1/s1. The van der Waals surface area contributed by atoms with Crippen LogP contribution in [0.1, 0.15) is 38.1 Å². The summed E-state index contributed by atoms with van der Waals surface area (Å²) in [5, 5.41) is 0. The van der Waals surface area contributed by atoms with Crippen LogP contribution in [0, 0.1) is 0 Å². The molecule has 0 spiro atoms. The molecule has 4 nitrogen and oxygen atoms in total. The van der Waals surface area contributed by atoms with Gasteiger partial charge in [0.25, 0.3) is 0 Å². The minimum atomic E-state index is 0.439. The Morgan fingerprint density at radius 2 is 1.87 bits per heavy atom. The molecule has 1 aliphatic heterocycles. The molecule has 0 N–H and O–H groups in total. The van der Waals surface area contributed by atoms with Crippen molar-refractivity contribution >= 4 is 11.0 Å². The van der Waals surface area contributed by atoms with Crippen LogP contribution < -0.4 is 0 Å². The molecule has 0 amide bonds. The van der Waals surface area contributed by atoms with E-state index in [0.717, 1.165) is 25.0 Å². The normalized spacial score (nSPS) is 17.9. The summed E-state index contributed by atoms with van der Waals surface area (Å²) >= 11 is 0.